The van der Waals surface area contributed by atoms with E-state index in [2.05, 4.69) is 0 Å². The summed E-state index contributed by atoms with van der Waals surface area (Å²) in [5.74, 6) is -0.146. The highest BCUT2D eigenvalue weighted by atomic mass is 16.5. The third kappa shape index (κ3) is 15.3. The number of carbonyl (C=O) groups excluding carboxylic acids is 1. The highest BCUT2D eigenvalue weighted by Crippen LogP contribution is 1.95. The fraction of sp³-hybridized carbons (Fsp3) is 0.929. The average Bonchev–Trinajstić information content (AvgIpc) is 2.38. The van der Waals surface area contributed by atoms with Crippen molar-refractivity contribution in [2.24, 2.45) is 0 Å². The van der Waals surface area contributed by atoms with Crippen molar-refractivity contribution in [3.63, 3.8) is 0 Å². The van der Waals surface area contributed by atoms with Crippen molar-refractivity contribution >= 4 is 5.97 Å². The van der Waals surface area contributed by atoms with Gasteiger partial charge in [-0.15, -0.1) is 0 Å². The molecular formula is C14H28O5. The highest BCUT2D eigenvalue weighted by molar-refractivity contribution is 5.69. The molecule has 0 aromatic rings. The average molecular weight is 276 g/mol. The van der Waals surface area contributed by atoms with Crippen LogP contribution >= 0.6 is 0 Å². The van der Waals surface area contributed by atoms with Gasteiger partial charge in [0.15, 0.2) is 0 Å². The van der Waals surface area contributed by atoms with Gasteiger partial charge in [-0.1, -0.05) is 6.92 Å². The van der Waals surface area contributed by atoms with Gasteiger partial charge in [-0.2, -0.15) is 0 Å². The Balaban J connectivity index is 3.08. The van der Waals surface area contributed by atoms with E-state index in [4.69, 9.17) is 18.9 Å². The van der Waals surface area contributed by atoms with Gasteiger partial charge < -0.3 is 18.9 Å². The Morgan fingerprint density at radius 1 is 0.947 bits per heavy atom. The van der Waals surface area contributed by atoms with Crippen LogP contribution in [-0.2, 0) is 23.7 Å². The molecule has 0 N–H and O–H groups in total. The molecule has 114 valence electrons. The number of ether oxygens (including phenoxy) is 4. The highest BCUT2D eigenvalue weighted by Gasteiger charge is 2.01. The Labute approximate surface area is 116 Å². The maximum absolute atomic E-state index is 11.1. The molecule has 0 atom stereocenters. The third-order valence-corrected chi connectivity index (χ3v) is 2.19. The molecule has 0 aromatic carbocycles. The van der Waals surface area contributed by atoms with Crippen LogP contribution in [-0.4, -0.2) is 51.7 Å². The van der Waals surface area contributed by atoms with Crippen molar-refractivity contribution in [2.45, 2.75) is 46.1 Å². The summed E-state index contributed by atoms with van der Waals surface area (Å²) in [6, 6.07) is 0. The van der Waals surface area contributed by atoms with E-state index < -0.39 is 0 Å². The SMILES string of the molecule is CCCOC(=O)CCCOCCOCCOC(C)C. The smallest absolute Gasteiger partial charge is 0.305 e. The molecule has 0 unspecified atom stereocenters. The zero-order chi connectivity index (χ0) is 14.3. The standard InChI is InChI=1S/C14H28O5/c1-4-7-19-14(15)6-5-8-16-9-10-17-11-12-18-13(2)3/h13H,4-12H2,1-3H3. The van der Waals surface area contributed by atoms with Gasteiger partial charge in [0.25, 0.3) is 0 Å². The number of hydrogen-bond donors (Lipinski definition) is 0. The summed E-state index contributed by atoms with van der Waals surface area (Å²) < 4.78 is 20.9. The van der Waals surface area contributed by atoms with Gasteiger partial charge in [0, 0.05) is 13.0 Å². The Bertz CT molecular complexity index is 206. The molecule has 5 nitrogen and oxygen atoms in total. The lowest BCUT2D eigenvalue weighted by molar-refractivity contribution is -0.144. The molecule has 0 heterocycles. The van der Waals surface area contributed by atoms with Gasteiger partial charge in [0.2, 0.25) is 0 Å². The lowest BCUT2D eigenvalue weighted by atomic mass is 10.3. The predicted molar refractivity (Wildman–Crippen MR) is 73.2 cm³/mol. The summed E-state index contributed by atoms with van der Waals surface area (Å²) in [5.41, 5.74) is 0. The van der Waals surface area contributed by atoms with Gasteiger partial charge in [0.1, 0.15) is 0 Å². The van der Waals surface area contributed by atoms with Crippen molar-refractivity contribution in [3.05, 3.63) is 0 Å². The molecule has 0 spiro atoms. The first kappa shape index (κ1) is 18.4. The summed E-state index contributed by atoms with van der Waals surface area (Å²) >= 11 is 0. The Morgan fingerprint density at radius 2 is 1.58 bits per heavy atom. The molecule has 0 amide bonds. The second-order valence-electron chi connectivity index (χ2n) is 4.47. The fourth-order valence-electron chi connectivity index (χ4n) is 1.27. The largest absolute Gasteiger partial charge is 0.466 e. The van der Waals surface area contributed by atoms with Crippen LogP contribution in [0.25, 0.3) is 0 Å². The van der Waals surface area contributed by atoms with Gasteiger partial charge >= 0.3 is 5.97 Å². The summed E-state index contributed by atoms with van der Waals surface area (Å²) in [5, 5.41) is 0. The zero-order valence-corrected chi connectivity index (χ0v) is 12.5. The molecule has 0 rings (SSSR count). The van der Waals surface area contributed by atoms with Crippen molar-refractivity contribution in [1.82, 2.24) is 0 Å². The second-order valence-corrected chi connectivity index (χ2v) is 4.47. The first-order valence-corrected chi connectivity index (χ1v) is 7.09. The van der Waals surface area contributed by atoms with E-state index in [1.165, 1.54) is 0 Å². The maximum atomic E-state index is 11.1. The van der Waals surface area contributed by atoms with Crippen LogP contribution in [0, 0.1) is 0 Å². The molecule has 0 radical (unpaired) electrons. The Morgan fingerprint density at radius 3 is 2.21 bits per heavy atom. The van der Waals surface area contributed by atoms with E-state index in [1.807, 2.05) is 20.8 Å². The monoisotopic (exact) mass is 276 g/mol. The Kier molecular flexibility index (Phi) is 13.3. The number of hydrogen-bond acceptors (Lipinski definition) is 5. The summed E-state index contributed by atoms with van der Waals surface area (Å²) in [4.78, 5) is 11.1. The number of carbonyl (C=O) groups is 1. The van der Waals surface area contributed by atoms with E-state index in [0.717, 1.165) is 6.42 Å². The van der Waals surface area contributed by atoms with Crippen molar-refractivity contribution in [2.75, 3.05) is 39.6 Å². The summed E-state index contributed by atoms with van der Waals surface area (Å²) in [6.07, 6.45) is 2.22. The molecule has 0 aliphatic carbocycles. The van der Waals surface area contributed by atoms with E-state index in [0.29, 0.717) is 52.5 Å². The molecule has 0 bridgehead atoms. The molecule has 0 saturated carbocycles. The zero-order valence-electron chi connectivity index (χ0n) is 12.5. The molecule has 0 saturated heterocycles. The molecule has 0 aromatic heterocycles. The van der Waals surface area contributed by atoms with Crippen LogP contribution in [0.1, 0.15) is 40.0 Å². The van der Waals surface area contributed by atoms with Crippen LogP contribution in [0.4, 0.5) is 0 Å². The first-order chi connectivity index (χ1) is 9.16. The van der Waals surface area contributed by atoms with Gasteiger partial charge in [-0.05, 0) is 26.7 Å². The van der Waals surface area contributed by atoms with Crippen molar-refractivity contribution < 1.29 is 23.7 Å². The van der Waals surface area contributed by atoms with E-state index in [1.54, 1.807) is 0 Å². The first-order valence-electron chi connectivity index (χ1n) is 7.09. The third-order valence-electron chi connectivity index (χ3n) is 2.19. The van der Waals surface area contributed by atoms with Crippen LogP contribution < -0.4 is 0 Å². The second kappa shape index (κ2) is 13.8. The van der Waals surface area contributed by atoms with Gasteiger partial charge in [0.05, 0.1) is 39.1 Å². The molecule has 5 heteroatoms. The minimum Gasteiger partial charge on any atom is -0.466 e. The number of esters is 1. The quantitative estimate of drug-likeness (QED) is 0.381. The molecule has 0 aliphatic rings. The minimum absolute atomic E-state index is 0.146. The van der Waals surface area contributed by atoms with E-state index in [-0.39, 0.29) is 12.1 Å². The maximum Gasteiger partial charge on any atom is 0.305 e. The van der Waals surface area contributed by atoms with Crippen LogP contribution in [0.2, 0.25) is 0 Å². The van der Waals surface area contributed by atoms with E-state index >= 15 is 0 Å². The van der Waals surface area contributed by atoms with Crippen molar-refractivity contribution in [3.8, 4) is 0 Å². The molecule has 19 heavy (non-hydrogen) atoms. The Hall–Kier alpha value is -0.650. The predicted octanol–water partition coefficient (Wildman–Crippen LogP) is 2.18. The normalized spacial score (nSPS) is 10.9. The molecule has 0 aliphatic heterocycles. The topological polar surface area (TPSA) is 54.0 Å². The molecular weight excluding hydrogens is 248 g/mol. The minimum atomic E-state index is -0.146. The van der Waals surface area contributed by atoms with Crippen LogP contribution in [0.5, 0.6) is 0 Å². The van der Waals surface area contributed by atoms with Crippen molar-refractivity contribution in [1.29, 1.82) is 0 Å². The van der Waals surface area contributed by atoms with Crippen LogP contribution in [0.3, 0.4) is 0 Å². The van der Waals surface area contributed by atoms with Crippen LogP contribution in [0.15, 0.2) is 0 Å². The van der Waals surface area contributed by atoms with Gasteiger partial charge in [-0.3, -0.25) is 4.79 Å². The van der Waals surface area contributed by atoms with E-state index in [9.17, 15) is 4.79 Å². The summed E-state index contributed by atoms with van der Waals surface area (Å²) in [6.45, 7) is 9.34. The molecule has 0 fully saturated rings. The summed E-state index contributed by atoms with van der Waals surface area (Å²) in [7, 11) is 0. The lowest BCUT2D eigenvalue weighted by Gasteiger charge is -2.08. The fourth-order valence-corrected chi connectivity index (χ4v) is 1.27. The lowest BCUT2D eigenvalue weighted by Crippen LogP contribution is -2.13. The van der Waals surface area contributed by atoms with Gasteiger partial charge in [-0.25, -0.2) is 0 Å². The number of rotatable bonds is 13.